The highest BCUT2D eigenvalue weighted by molar-refractivity contribution is 5.97. The molecule has 2 N–H and O–H groups in total. The lowest BCUT2D eigenvalue weighted by molar-refractivity contribution is 0.0601. The number of ether oxygens (including phenoxy) is 1. The topological polar surface area (TPSA) is 58.6 Å². The van der Waals surface area contributed by atoms with Gasteiger partial charge in [0.1, 0.15) is 5.75 Å². The molecule has 4 nitrogen and oxygen atoms in total. The summed E-state index contributed by atoms with van der Waals surface area (Å²) in [4.78, 5) is 11.2. The van der Waals surface area contributed by atoms with Gasteiger partial charge in [-0.05, 0) is 12.1 Å². The maximum atomic E-state index is 11.2. The first-order chi connectivity index (χ1) is 6.20. The van der Waals surface area contributed by atoms with Crippen LogP contribution in [0.1, 0.15) is 10.4 Å². The highest BCUT2D eigenvalue weighted by Crippen LogP contribution is 2.26. The van der Waals surface area contributed by atoms with Crippen LogP contribution in [0.2, 0.25) is 0 Å². The van der Waals surface area contributed by atoms with Crippen LogP contribution in [0.5, 0.6) is 5.75 Å². The minimum Gasteiger partial charge on any atom is -0.506 e. The molecule has 1 aromatic rings. The van der Waals surface area contributed by atoms with Crippen LogP contribution < -0.4 is 5.32 Å². The van der Waals surface area contributed by atoms with Crippen molar-refractivity contribution in [2.75, 3.05) is 19.5 Å². The maximum Gasteiger partial charge on any atom is 0.340 e. The van der Waals surface area contributed by atoms with Gasteiger partial charge < -0.3 is 15.2 Å². The Labute approximate surface area is 76.1 Å². The number of para-hydroxylation sites is 1. The van der Waals surface area contributed by atoms with E-state index in [2.05, 4.69) is 10.1 Å². The maximum absolute atomic E-state index is 11.2. The van der Waals surface area contributed by atoms with Gasteiger partial charge in [0.2, 0.25) is 0 Å². The predicted molar refractivity (Wildman–Crippen MR) is 49.0 cm³/mol. The summed E-state index contributed by atoms with van der Waals surface area (Å²) in [5, 5.41) is 12.1. The van der Waals surface area contributed by atoms with E-state index < -0.39 is 5.97 Å². The predicted octanol–water partition coefficient (Wildman–Crippen LogP) is 1.22. The molecular formula is C9H11NO3. The van der Waals surface area contributed by atoms with E-state index in [4.69, 9.17) is 0 Å². The number of phenols is 1. The van der Waals surface area contributed by atoms with Crippen molar-refractivity contribution in [1.29, 1.82) is 0 Å². The summed E-state index contributed by atoms with van der Waals surface area (Å²) in [6, 6.07) is 4.66. The minimum absolute atomic E-state index is 0.0328. The van der Waals surface area contributed by atoms with Crippen molar-refractivity contribution in [2.24, 2.45) is 0 Å². The van der Waals surface area contributed by atoms with E-state index >= 15 is 0 Å². The second-order valence-electron chi connectivity index (χ2n) is 2.44. The molecule has 0 aliphatic rings. The number of carbonyl (C=O) groups excluding carboxylic acids is 1. The third kappa shape index (κ3) is 1.72. The van der Waals surface area contributed by atoms with Crippen LogP contribution in [0.3, 0.4) is 0 Å². The summed E-state index contributed by atoms with van der Waals surface area (Å²) >= 11 is 0. The van der Waals surface area contributed by atoms with E-state index in [1.165, 1.54) is 13.2 Å². The third-order valence-electron chi connectivity index (χ3n) is 1.70. The van der Waals surface area contributed by atoms with E-state index in [1.807, 2.05) is 0 Å². The molecule has 1 rings (SSSR count). The molecule has 13 heavy (non-hydrogen) atoms. The summed E-state index contributed by atoms with van der Waals surface area (Å²) in [5.41, 5.74) is 0.708. The zero-order valence-corrected chi connectivity index (χ0v) is 7.50. The highest BCUT2D eigenvalue weighted by Gasteiger charge is 2.13. The van der Waals surface area contributed by atoms with Crippen molar-refractivity contribution in [3.63, 3.8) is 0 Å². The number of hydrogen-bond donors (Lipinski definition) is 2. The van der Waals surface area contributed by atoms with E-state index in [0.29, 0.717) is 11.3 Å². The molecule has 0 aliphatic heterocycles. The van der Waals surface area contributed by atoms with Crippen molar-refractivity contribution < 1.29 is 14.6 Å². The number of phenolic OH excluding ortho intramolecular Hbond substituents is 1. The standard InChI is InChI=1S/C9H11NO3/c1-10-8-6(9(12)13-2)4-3-5-7(8)11/h3-5,10-11H,1-2H3. The number of hydrogen-bond acceptors (Lipinski definition) is 4. The van der Waals surface area contributed by atoms with Crippen molar-refractivity contribution in [2.45, 2.75) is 0 Å². The van der Waals surface area contributed by atoms with Gasteiger partial charge in [0.25, 0.3) is 0 Å². The first kappa shape index (κ1) is 9.38. The average molecular weight is 181 g/mol. The van der Waals surface area contributed by atoms with Gasteiger partial charge in [0.15, 0.2) is 0 Å². The Morgan fingerprint density at radius 1 is 1.54 bits per heavy atom. The Balaban J connectivity index is 3.20. The fourth-order valence-electron chi connectivity index (χ4n) is 1.08. The van der Waals surface area contributed by atoms with Gasteiger partial charge in [-0.25, -0.2) is 4.79 Å². The number of nitrogens with one attached hydrogen (secondary N) is 1. The summed E-state index contributed by atoms with van der Waals surface area (Å²) in [6.07, 6.45) is 0. The van der Waals surface area contributed by atoms with Gasteiger partial charge in [-0.15, -0.1) is 0 Å². The molecule has 4 heteroatoms. The molecule has 0 radical (unpaired) electrons. The fourth-order valence-corrected chi connectivity index (χ4v) is 1.08. The molecule has 0 amide bonds. The van der Waals surface area contributed by atoms with Crippen LogP contribution in [-0.2, 0) is 4.74 Å². The largest absolute Gasteiger partial charge is 0.506 e. The minimum atomic E-state index is -0.472. The molecule has 0 heterocycles. The zero-order valence-electron chi connectivity index (χ0n) is 7.50. The number of rotatable bonds is 2. The van der Waals surface area contributed by atoms with Crippen LogP contribution in [0.15, 0.2) is 18.2 Å². The molecule has 0 saturated carbocycles. The van der Waals surface area contributed by atoms with Gasteiger partial charge in [0, 0.05) is 7.05 Å². The third-order valence-corrected chi connectivity index (χ3v) is 1.70. The van der Waals surface area contributed by atoms with Crippen LogP contribution in [-0.4, -0.2) is 25.2 Å². The Hall–Kier alpha value is -1.71. The highest BCUT2D eigenvalue weighted by atomic mass is 16.5. The van der Waals surface area contributed by atoms with Crippen molar-refractivity contribution in [3.8, 4) is 5.75 Å². The molecule has 1 aromatic carbocycles. The summed E-state index contributed by atoms with van der Waals surface area (Å²) in [7, 11) is 2.92. The van der Waals surface area contributed by atoms with E-state index in [0.717, 1.165) is 0 Å². The van der Waals surface area contributed by atoms with E-state index in [1.54, 1.807) is 19.2 Å². The van der Waals surface area contributed by atoms with Gasteiger partial charge in [-0.2, -0.15) is 0 Å². The SMILES string of the molecule is CNc1c(O)cccc1C(=O)OC. The number of methoxy groups -OCH3 is 1. The number of benzene rings is 1. The van der Waals surface area contributed by atoms with Gasteiger partial charge >= 0.3 is 5.97 Å². The lowest BCUT2D eigenvalue weighted by Gasteiger charge is -2.08. The first-order valence-electron chi connectivity index (χ1n) is 3.78. The number of carbonyl (C=O) groups is 1. The molecule has 0 bridgehead atoms. The van der Waals surface area contributed by atoms with E-state index in [9.17, 15) is 9.90 Å². The monoisotopic (exact) mass is 181 g/mol. The number of anilines is 1. The average Bonchev–Trinajstić information content (AvgIpc) is 2.16. The van der Waals surface area contributed by atoms with Crippen molar-refractivity contribution in [1.82, 2.24) is 0 Å². The second-order valence-corrected chi connectivity index (χ2v) is 2.44. The van der Waals surface area contributed by atoms with Crippen molar-refractivity contribution >= 4 is 11.7 Å². The zero-order chi connectivity index (χ0) is 9.84. The quantitative estimate of drug-likeness (QED) is 0.532. The second kappa shape index (κ2) is 3.80. The van der Waals surface area contributed by atoms with E-state index in [-0.39, 0.29) is 5.75 Å². The van der Waals surface area contributed by atoms with Gasteiger partial charge in [-0.3, -0.25) is 0 Å². The molecule has 0 aliphatic carbocycles. The van der Waals surface area contributed by atoms with Gasteiger partial charge in [0.05, 0.1) is 18.4 Å². The first-order valence-corrected chi connectivity index (χ1v) is 3.78. The molecule has 0 fully saturated rings. The van der Waals surface area contributed by atoms with Crippen LogP contribution >= 0.6 is 0 Å². The Bertz CT molecular complexity index is 323. The molecule has 0 unspecified atom stereocenters. The Morgan fingerprint density at radius 3 is 2.77 bits per heavy atom. The molecule has 0 spiro atoms. The molecule has 0 atom stereocenters. The fraction of sp³-hybridized carbons (Fsp3) is 0.222. The van der Waals surface area contributed by atoms with Crippen LogP contribution in [0.25, 0.3) is 0 Å². The summed E-state index contributed by atoms with van der Waals surface area (Å²) < 4.78 is 4.54. The normalized spacial score (nSPS) is 9.38. The molecule has 0 aromatic heterocycles. The molecule has 0 saturated heterocycles. The molecule has 70 valence electrons. The van der Waals surface area contributed by atoms with Crippen LogP contribution in [0, 0.1) is 0 Å². The molecular weight excluding hydrogens is 170 g/mol. The van der Waals surface area contributed by atoms with Crippen LogP contribution in [0.4, 0.5) is 5.69 Å². The number of aromatic hydroxyl groups is 1. The Kier molecular flexibility index (Phi) is 2.74. The Morgan fingerprint density at radius 2 is 2.23 bits per heavy atom. The lowest BCUT2D eigenvalue weighted by atomic mass is 10.1. The van der Waals surface area contributed by atoms with Crippen molar-refractivity contribution in [3.05, 3.63) is 23.8 Å². The lowest BCUT2D eigenvalue weighted by Crippen LogP contribution is -2.05. The number of esters is 1. The summed E-state index contributed by atoms with van der Waals surface area (Å²) in [6.45, 7) is 0. The smallest absolute Gasteiger partial charge is 0.340 e. The van der Waals surface area contributed by atoms with Gasteiger partial charge in [-0.1, -0.05) is 6.07 Å². The summed E-state index contributed by atoms with van der Waals surface area (Å²) in [5.74, 6) is -0.439.